The molecule has 28 heavy (non-hydrogen) atoms. The average Bonchev–Trinajstić information content (AvgIpc) is 2.72. The third kappa shape index (κ3) is 5.15. The molecule has 1 fully saturated rings. The van der Waals surface area contributed by atoms with Crippen LogP contribution in [0.25, 0.3) is 0 Å². The van der Waals surface area contributed by atoms with Crippen LogP contribution >= 0.6 is 0 Å². The van der Waals surface area contributed by atoms with Gasteiger partial charge in [-0.25, -0.2) is 4.98 Å². The van der Waals surface area contributed by atoms with Gasteiger partial charge in [0.2, 0.25) is 0 Å². The largest absolute Gasteiger partial charge is 0.379 e. The number of morpholine rings is 1. The zero-order valence-corrected chi connectivity index (χ0v) is 16.3. The van der Waals surface area contributed by atoms with Gasteiger partial charge in [-0.1, -0.05) is 18.2 Å². The topological polar surface area (TPSA) is 83.6 Å². The molecule has 2 amide bonds. The van der Waals surface area contributed by atoms with Crippen LogP contribution in [0.5, 0.6) is 0 Å². The highest BCUT2D eigenvalue weighted by atomic mass is 16.5. The van der Waals surface area contributed by atoms with E-state index in [9.17, 15) is 9.59 Å². The molecule has 1 aliphatic heterocycles. The first-order chi connectivity index (χ1) is 13.5. The van der Waals surface area contributed by atoms with Crippen LogP contribution in [0, 0.1) is 13.8 Å². The molecule has 0 spiro atoms. The van der Waals surface area contributed by atoms with Gasteiger partial charge in [0.05, 0.1) is 13.2 Å². The summed E-state index contributed by atoms with van der Waals surface area (Å²) in [5.41, 5.74) is 3.29. The maximum atomic E-state index is 12.5. The zero-order valence-electron chi connectivity index (χ0n) is 16.3. The highest BCUT2D eigenvalue weighted by molar-refractivity contribution is 6.04. The minimum absolute atomic E-state index is 0.210. The molecule has 0 saturated carbocycles. The molecule has 2 aromatic rings. The van der Waals surface area contributed by atoms with E-state index >= 15 is 0 Å². The summed E-state index contributed by atoms with van der Waals surface area (Å²) in [4.78, 5) is 31.4. The molecule has 1 saturated heterocycles. The minimum Gasteiger partial charge on any atom is -0.379 e. The Morgan fingerprint density at radius 1 is 1.04 bits per heavy atom. The monoisotopic (exact) mass is 382 g/mol. The molecule has 0 atom stereocenters. The molecule has 7 nitrogen and oxygen atoms in total. The molecular formula is C21H26N4O3. The predicted molar refractivity (Wildman–Crippen MR) is 108 cm³/mol. The van der Waals surface area contributed by atoms with Crippen molar-refractivity contribution < 1.29 is 14.3 Å². The summed E-state index contributed by atoms with van der Waals surface area (Å²) in [6.07, 6.45) is 0. The van der Waals surface area contributed by atoms with Gasteiger partial charge in [0.15, 0.2) is 0 Å². The summed E-state index contributed by atoms with van der Waals surface area (Å²) >= 11 is 0. The van der Waals surface area contributed by atoms with E-state index in [-0.39, 0.29) is 23.2 Å². The summed E-state index contributed by atoms with van der Waals surface area (Å²) in [6.45, 7) is 8.45. The maximum Gasteiger partial charge on any atom is 0.274 e. The van der Waals surface area contributed by atoms with Crippen molar-refractivity contribution in [2.75, 3.05) is 44.7 Å². The van der Waals surface area contributed by atoms with E-state index < -0.39 is 0 Å². The van der Waals surface area contributed by atoms with Crippen LogP contribution in [-0.4, -0.2) is 61.1 Å². The molecule has 0 bridgehead atoms. The number of hydrogen-bond donors (Lipinski definition) is 2. The lowest BCUT2D eigenvalue weighted by Gasteiger charge is -2.26. The number of carbonyl (C=O) groups is 2. The van der Waals surface area contributed by atoms with Gasteiger partial charge in [-0.05, 0) is 43.2 Å². The van der Waals surface area contributed by atoms with Gasteiger partial charge in [-0.2, -0.15) is 0 Å². The van der Waals surface area contributed by atoms with E-state index in [1.807, 2.05) is 32.0 Å². The predicted octanol–water partition coefficient (Wildman–Crippen LogP) is 2.01. The van der Waals surface area contributed by atoms with Crippen LogP contribution < -0.4 is 10.6 Å². The first-order valence-electron chi connectivity index (χ1n) is 9.47. The molecule has 7 heteroatoms. The number of aromatic nitrogens is 1. The van der Waals surface area contributed by atoms with E-state index in [4.69, 9.17) is 4.74 Å². The molecule has 1 aromatic heterocycles. The smallest absolute Gasteiger partial charge is 0.274 e. The number of rotatable bonds is 6. The van der Waals surface area contributed by atoms with E-state index in [0.717, 1.165) is 49.7 Å². The van der Waals surface area contributed by atoms with Crippen LogP contribution in [-0.2, 0) is 4.74 Å². The van der Waals surface area contributed by atoms with Crippen molar-refractivity contribution in [3.63, 3.8) is 0 Å². The fraction of sp³-hybridized carbons (Fsp3) is 0.381. The fourth-order valence-electron chi connectivity index (χ4n) is 3.00. The van der Waals surface area contributed by atoms with Crippen molar-refractivity contribution in [1.29, 1.82) is 0 Å². The van der Waals surface area contributed by atoms with Crippen molar-refractivity contribution in [2.45, 2.75) is 13.8 Å². The lowest BCUT2D eigenvalue weighted by molar-refractivity contribution is 0.0383. The van der Waals surface area contributed by atoms with Gasteiger partial charge in [0, 0.05) is 31.9 Å². The Balaban J connectivity index is 1.58. The quantitative estimate of drug-likeness (QED) is 0.799. The number of aryl methyl sites for hydroxylation is 1. The van der Waals surface area contributed by atoms with E-state index in [2.05, 4.69) is 20.5 Å². The standard InChI is InChI=1S/C21H26N4O3/c1-15-5-3-6-17(16(15)2)24-21(27)19-8-4-7-18(23-19)20(26)22-9-10-25-11-13-28-14-12-25/h3-8H,9-14H2,1-2H3,(H,22,26)(H,24,27). The highest BCUT2D eigenvalue weighted by Crippen LogP contribution is 2.18. The number of benzene rings is 1. The Bertz CT molecular complexity index is 847. The zero-order chi connectivity index (χ0) is 19.9. The van der Waals surface area contributed by atoms with Crippen LogP contribution in [0.2, 0.25) is 0 Å². The summed E-state index contributed by atoms with van der Waals surface area (Å²) in [6, 6.07) is 10.6. The number of hydrogen-bond acceptors (Lipinski definition) is 5. The second-order valence-electron chi connectivity index (χ2n) is 6.82. The fourth-order valence-corrected chi connectivity index (χ4v) is 3.00. The number of carbonyl (C=O) groups excluding carboxylic acids is 2. The number of pyridine rings is 1. The van der Waals surface area contributed by atoms with Crippen molar-refractivity contribution in [3.05, 3.63) is 58.9 Å². The van der Waals surface area contributed by atoms with E-state index in [1.165, 1.54) is 0 Å². The second-order valence-corrected chi connectivity index (χ2v) is 6.82. The number of nitrogens with one attached hydrogen (secondary N) is 2. The molecule has 148 valence electrons. The SMILES string of the molecule is Cc1cccc(NC(=O)c2cccc(C(=O)NCCN3CCOCC3)n2)c1C. The molecular weight excluding hydrogens is 356 g/mol. The van der Waals surface area contributed by atoms with Crippen molar-refractivity contribution >= 4 is 17.5 Å². The molecule has 3 rings (SSSR count). The molecule has 1 aromatic carbocycles. The molecule has 1 aliphatic rings. The number of ether oxygens (including phenoxy) is 1. The Labute approximate surface area is 165 Å². The van der Waals surface area contributed by atoms with Gasteiger partial charge in [0.1, 0.15) is 11.4 Å². The Kier molecular flexibility index (Phi) is 6.73. The third-order valence-corrected chi connectivity index (χ3v) is 4.88. The Morgan fingerprint density at radius 3 is 2.46 bits per heavy atom. The first kappa shape index (κ1) is 20.0. The van der Waals surface area contributed by atoms with Gasteiger partial charge in [0.25, 0.3) is 11.8 Å². The summed E-state index contributed by atoms with van der Waals surface area (Å²) in [7, 11) is 0. The lowest BCUT2D eigenvalue weighted by atomic mass is 10.1. The molecule has 0 radical (unpaired) electrons. The van der Waals surface area contributed by atoms with Crippen LogP contribution in [0.3, 0.4) is 0 Å². The van der Waals surface area contributed by atoms with Crippen LogP contribution in [0.4, 0.5) is 5.69 Å². The Morgan fingerprint density at radius 2 is 1.71 bits per heavy atom. The number of anilines is 1. The second kappa shape index (κ2) is 9.43. The third-order valence-electron chi connectivity index (χ3n) is 4.88. The average molecular weight is 382 g/mol. The van der Waals surface area contributed by atoms with Crippen LogP contribution in [0.15, 0.2) is 36.4 Å². The van der Waals surface area contributed by atoms with Gasteiger partial charge >= 0.3 is 0 Å². The van der Waals surface area contributed by atoms with E-state index in [0.29, 0.717) is 6.54 Å². The lowest BCUT2D eigenvalue weighted by Crippen LogP contribution is -2.41. The summed E-state index contributed by atoms with van der Waals surface area (Å²) in [5, 5.41) is 5.73. The van der Waals surface area contributed by atoms with Gasteiger partial charge in [-0.3, -0.25) is 14.5 Å². The van der Waals surface area contributed by atoms with Crippen molar-refractivity contribution in [3.8, 4) is 0 Å². The molecule has 0 unspecified atom stereocenters. The minimum atomic E-state index is -0.336. The first-order valence-corrected chi connectivity index (χ1v) is 9.47. The van der Waals surface area contributed by atoms with E-state index in [1.54, 1.807) is 18.2 Å². The molecule has 2 N–H and O–H groups in total. The maximum absolute atomic E-state index is 12.5. The highest BCUT2D eigenvalue weighted by Gasteiger charge is 2.14. The summed E-state index contributed by atoms with van der Waals surface area (Å²) in [5.74, 6) is -0.619. The molecule has 0 aliphatic carbocycles. The normalized spacial score (nSPS) is 14.5. The Hall–Kier alpha value is -2.77. The van der Waals surface area contributed by atoms with Crippen molar-refractivity contribution in [2.24, 2.45) is 0 Å². The number of nitrogens with zero attached hydrogens (tertiary/aromatic N) is 2. The number of amides is 2. The van der Waals surface area contributed by atoms with Gasteiger partial charge < -0.3 is 15.4 Å². The van der Waals surface area contributed by atoms with Gasteiger partial charge in [-0.15, -0.1) is 0 Å². The molecule has 2 heterocycles. The van der Waals surface area contributed by atoms with Crippen LogP contribution in [0.1, 0.15) is 32.1 Å². The summed E-state index contributed by atoms with van der Waals surface area (Å²) < 4.78 is 5.31. The van der Waals surface area contributed by atoms with Crippen molar-refractivity contribution in [1.82, 2.24) is 15.2 Å².